The molecule has 0 spiro atoms. The zero-order valence-corrected chi connectivity index (χ0v) is 13.7. The molecular formula is C19H24N2O. The first-order chi connectivity index (χ1) is 10.4. The Kier molecular flexibility index (Phi) is 5.21. The van der Waals surface area contributed by atoms with Crippen LogP contribution in [-0.2, 0) is 6.42 Å². The van der Waals surface area contributed by atoms with Gasteiger partial charge in [0.1, 0.15) is 0 Å². The van der Waals surface area contributed by atoms with E-state index in [1.54, 1.807) is 0 Å². The lowest BCUT2D eigenvalue weighted by Crippen LogP contribution is -2.19. The monoisotopic (exact) mass is 296 g/mol. The minimum absolute atomic E-state index is 0.218. The van der Waals surface area contributed by atoms with Gasteiger partial charge in [0.05, 0.1) is 0 Å². The molecule has 0 aliphatic carbocycles. The number of hydrogen-bond donors (Lipinski definition) is 2. The molecule has 3 nitrogen and oxygen atoms in total. The number of benzene rings is 2. The maximum absolute atomic E-state index is 12.1. The van der Waals surface area contributed by atoms with Gasteiger partial charge in [-0.2, -0.15) is 0 Å². The normalized spacial score (nSPS) is 10.6. The van der Waals surface area contributed by atoms with E-state index in [0.29, 0.717) is 5.92 Å². The second kappa shape index (κ2) is 7.12. The van der Waals surface area contributed by atoms with Crippen LogP contribution in [0.2, 0.25) is 0 Å². The lowest BCUT2D eigenvalue weighted by Gasteiger charge is -2.12. The Morgan fingerprint density at radius 3 is 2.32 bits per heavy atom. The first-order valence-electron chi connectivity index (χ1n) is 7.68. The van der Waals surface area contributed by atoms with Crippen molar-refractivity contribution < 1.29 is 4.79 Å². The first-order valence-corrected chi connectivity index (χ1v) is 7.68. The highest BCUT2D eigenvalue weighted by molar-refractivity contribution is 5.99. The van der Waals surface area contributed by atoms with Gasteiger partial charge in [-0.05, 0) is 67.1 Å². The van der Waals surface area contributed by atoms with E-state index in [0.717, 1.165) is 23.4 Å². The lowest BCUT2D eigenvalue weighted by molar-refractivity contribution is 0.262. The van der Waals surface area contributed by atoms with E-state index >= 15 is 0 Å². The van der Waals surface area contributed by atoms with Crippen molar-refractivity contribution in [2.45, 2.75) is 34.1 Å². The summed E-state index contributed by atoms with van der Waals surface area (Å²) < 4.78 is 0. The van der Waals surface area contributed by atoms with E-state index in [2.05, 4.69) is 43.5 Å². The van der Waals surface area contributed by atoms with Crippen LogP contribution < -0.4 is 10.6 Å². The number of rotatable bonds is 4. The number of hydrogen-bond acceptors (Lipinski definition) is 1. The Labute approximate surface area is 132 Å². The van der Waals surface area contributed by atoms with Crippen molar-refractivity contribution in [3.05, 3.63) is 59.2 Å². The Bertz CT molecular complexity index is 662. The van der Waals surface area contributed by atoms with E-state index in [1.165, 1.54) is 11.1 Å². The van der Waals surface area contributed by atoms with Gasteiger partial charge >= 0.3 is 6.03 Å². The molecule has 22 heavy (non-hydrogen) atoms. The van der Waals surface area contributed by atoms with Gasteiger partial charge in [-0.1, -0.05) is 32.0 Å². The first kappa shape index (κ1) is 16.1. The number of carbonyl (C=O) groups is 1. The van der Waals surface area contributed by atoms with Crippen molar-refractivity contribution in [2.75, 3.05) is 10.6 Å². The summed E-state index contributed by atoms with van der Waals surface area (Å²) in [7, 11) is 0. The van der Waals surface area contributed by atoms with Crippen LogP contribution in [0.4, 0.5) is 16.2 Å². The van der Waals surface area contributed by atoms with Crippen molar-refractivity contribution in [1.82, 2.24) is 0 Å². The summed E-state index contributed by atoms with van der Waals surface area (Å²) in [6.45, 7) is 8.50. The highest BCUT2D eigenvalue weighted by Crippen LogP contribution is 2.19. The second-order valence-electron chi connectivity index (χ2n) is 6.19. The van der Waals surface area contributed by atoms with Gasteiger partial charge in [-0.3, -0.25) is 0 Å². The van der Waals surface area contributed by atoms with Crippen molar-refractivity contribution in [3.63, 3.8) is 0 Å². The number of urea groups is 1. The zero-order valence-electron chi connectivity index (χ0n) is 13.7. The van der Waals surface area contributed by atoms with Gasteiger partial charge in [-0.25, -0.2) is 4.79 Å². The Morgan fingerprint density at radius 1 is 1.00 bits per heavy atom. The van der Waals surface area contributed by atoms with Crippen LogP contribution in [0.15, 0.2) is 42.5 Å². The number of aryl methyl sites for hydroxylation is 2. The molecule has 0 bridgehead atoms. The smallest absolute Gasteiger partial charge is 0.308 e. The van der Waals surface area contributed by atoms with Crippen LogP contribution in [-0.4, -0.2) is 6.03 Å². The van der Waals surface area contributed by atoms with E-state index < -0.39 is 0 Å². The molecule has 2 aromatic carbocycles. The second-order valence-corrected chi connectivity index (χ2v) is 6.19. The summed E-state index contributed by atoms with van der Waals surface area (Å²) >= 11 is 0. The average molecular weight is 296 g/mol. The molecule has 0 aromatic heterocycles. The minimum atomic E-state index is -0.218. The van der Waals surface area contributed by atoms with Gasteiger partial charge in [0, 0.05) is 11.4 Å². The minimum Gasteiger partial charge on any atom is -0.308 e. The zero-order chi connectivity index (χ0) is 16.1. The standard InChI is InChI=1S/C19H24N2O/c1-13(2)10-16-12-18(9-8-15(16)4)21-19(22)20-17-7-5-6-14(3)11-17/h5-9,11-13H,10H2,1-4H3,(H2,20,21,22). The molecule has 2 aromatic rings. The number of amides is 2. The topological polar surface area (TPSA) is 41.1 Å². The molecular weight excluding hydrogens is 272 g/mol. The fraction of sp³-hybridized carbons (Fsp3) is 0.316. The summed E-state index contributed by atoms with van der Waals surface area (Å²) in [5.74, 6) is 0.593. The van der Waals surface area contributed by atoms with Gasteiger partial charge in [0.2, 0.25) is 0 Å². The largest absolute Gasteiger partial charge is 0.323 e. The number of carbonyl (C=O) groups excluding carboxylic acids is 1. The third-order valence-corrected chi connectivity index (χ3v) is 3.51. The molecule has 2 amide bonds. The van der Waals surface area contributed by atoms with E-state index in [1.807, 2.05) is 37.3 Å². The van der Waals surface area contributed by atoms with Gasteiger partial charge < -0.3 is 10.6 Å². The maximum atomic E-state index is 12.1. The molecule has 0 heterocycles. The lowest BCUT2D eigenvalue weighted by atomic mass is 9.98. The number of nitrogens with one attached hydrogen (secondary N) is 2. The Balaban J connectivity index is 2.05. The summed E-state index contributed by atoms with van der Waals surface area (Å²) in [6.07, 6.45) is 1.01. The predicted octanol–water partition coefficient (Wildman–Crippen LogP) is 5.15. The summed E-state index contributed by atoms with van der Waals surface area (Å²) in [4.78, 5) is 12.1. The van der Waals surface area contributed by atoms with Crippen LogP contribution in [0.1, 0.15) is 30.5 Å². The summed E-state index contributed by atoms with van der Waals surface area (Å²) in [6, 6.07) is 13.6. The molecule has 2 rings (SSSR count). The maximum Gasteiger partial charge on any atom is 0.323 e. The molecule has 0 saturated heterocycles. The third kappa shape index (κ3) is 4.62. The van der Waals surface area contributed by atoms with Gasteiger partial charge in [0.25, 0.3) is 0 Å². The van der Waals surface area contributed by atoms with Crippen molar-refractivity contribution in [3.8, 4) is 0 Å². The number of anilines is 2. The molecule has 116 valence electrons. The fourth-order valence-electron chi connectivity index (χ4n) is 2.43. The van der Waals surface area contributed by atoms with Crippen molar-refractivity contribution in [2.24, 2.45) is 5.92 Å². The molecule has 2 N–H and O–H groups in total. The Hall–Kier alpha value is -2.29. The van der Waals surface area contributed by atoms with Crippen LogP contribution in [0, 0.1) is 19.8 Å². The van der Waals surface area contributed by atoms with Crippen LogP contribution in [0.25, 0.3) is 0 Å². The van der Waals surface area contributed by atoms with Crippen LogP contribution in [0.3, 0.4) is 0 Å². The van der Waals surface area contributed by atoms with Gasteiger partial charge in [-0.15, -0.1) is 0 Å². The van der Waals surface area contributed by atoms with Crippen molar-refractivity contribution >= 4 is 17.4 Å². The van der Waals surface area contributed by atoms with E-state index in [-0.39, 0.29) is 6.03 Å². The molecule has 0 saturated carbocycles. The highest BCUT2D eigenvalue weighted by atomic mass is 16.2. The quantitative estimate of drug-likeness (QED) is 0.805. The molecule has 0 radical (unpaired) electrons. The van der Waals surface area contributed by atoms with E-state index in [9.17, 15) is 4.79 Å². The fourth-order valence-corrected chi connectivity index (χ4v) is 2.43. The summed E-state index contributed by atoms with van der Waals surface area (Å²) in [5.41, 5.74) is 5.28. The van der Waals surface area contributed by atoms with Crippen molar-refractivity contribution in [1.29, 1.82) is 0 Å². The SMILES string of the molecule is Cc1cccc(NC(=O)Nc2ccc(C)c(CC(C)C)c2)c1. The molecule has 0 atom stereocenters. The Morgan fingerprint density at radius 2 is 1.68 bits per heavy atom. The molecule has 0 aliphatic rings. The predicted molar refractivity (Wildman–Crippen MR) is 93.5 cm³/mol. The van der Waals surface area contributed by atoms with Crippen LogP contribution in [0.5, 0.6) is 0 Å². The molecule has 0 unspecified atom stereocenters. The highest BCUT2D eigenvalue weighted by Gasteiger charge is 2.06. The third-order valence-electron chi connectivity index (χ3n) is 3.51. The van der Waals surface area contributed by atoms with Crippen LogP contribution >= 0.6 is 0 Å². The molecule has 0 fully saturated rings. The summed E-state index contributed by atoms with van der Waals surface area (Å²) in [5, 5.41) is 5.76. The van der Waals surface area contributed by atoms with E-state index in [4.69, 9.17) is 0 Å². The van der Waals surface area contributed by atoms with Gasteiger partial charge in [0.15, 0.2) is 0 Å². The average Bonchev–Trinajstić information content (AvgIpc) is 2.42. The molecule has 0 aliphatic heterocycles. The molecule has 3 heteroatoms.